The Morgan fingerprint density at radius 2 is 1.71 bits per heavy atom. The molecule has 10 heteroatoms. The molecule has 0 aliphatic heterocycles. The lowest BCUT2D eigenvalue weighted by Gasteiger charge is -2.09. The minimum atomic E-state index is -4.08. The molecule has 1 aromatic carbocycles. The average molecular weight is 344 g/mol. The van der Waals surface area contributed by atoms with Gasteiger partial charge in [0.1, 0.15) is 4.90 Å². The first-order valence-corrected chi connectivity index (χ1v) is 7.97. The van der Waals surface area contributed by atoms with Crippen molar-refractivity contribution in [1.82, 2.24) is 4.72 Å². The highest BCUT2D eigenvalue weighted by Crippen LogP contribution is 2.29. The molecule has 0 amide bonds. The van der Waals surface area contributed by atoms with Gasteiger partial charge in [-0.15, -0.1) is 0 Å². The molecule has 0 saturated carbocycles. The molecular weight excluding hydrogens is 334 g/mol. The zero-order chi connectivity index (χ0) is 13.4. The number of rotatable bonds is 3. The fourth-order valence-electron chi connectivity index (χ4n) is 1.11. The van der Waals surface area contributed by atoms with E-state index >= 15 is 0 Å². The quantitative estimate of drug-likeness (QED) is 0.641. The Balaban J connectivity index is 3.68. The van der Waals surface area contributed by atoms with Crippen LogP contribution in [0.4, 0.5) is 5.69 Å². The van der Waals surface area contributed by atoms with Gasteiger partial charge in [0, 0.05) is 4.47 Å². The Morgan fingerprint density at radius 1 is 1.18 bits per heavy atom. The van der Waals surface area contributed by atoms with Crippen molar-refractivity contribution in [2.45, 2.75) is 9.79 Å². The summed E-state index contributed by atoms with van der Waals surface area (Å²) >= 11 is 2.99. The molecule has 0 unspecified atom stereocenters. The summed E-state index contributed by atoms with van der Waals surface area (Å²) in [6, 6.07) is 2.07. The zero-order valence-corrected chi connectivity index (χ0v) is 11.9. The lowest BCUT2D eigenvalue weighted by Crippen LogP contribution is -2.21. The molecule has 17 heavy (non-hydrogen) atoms. The topological polar surface area (TPSA) is 132 Å². The molecule has 0 atom stereocenters. The first-order chi connectivity index (χ1) is 7.59. The van der Waals surface area contributed by atoms with Gasteiger partial charge in [0.05, 0.1) is 10.6 Å². The molecule has 0 aliphatic carbocycles. The third-order valence-corrected chi connectivity index (χ3v) is 5.27. The van der Waals surface area contributed by atoms with Crippen LogP contribution in [0.2, 0.25) is 0 Å². The minimum Gasteiger partial charge on any atom is -0.398 e. The largest absolute Gasteiger partial charge is 0.398 e. The van der Waals surface area contributed by atoms with Crippen LogP contribution in [0.25, 0.3) is 0 Å². The number of halogens is 1. The second-order valence-electron chi connectivity index (χ2n) is 3.07. The molecule has 0 radical (unpaired) electrons. The molecule has 5 N–H and O–H groups in total. The molecule has 0 spiro atoms. The SMILES string of the molecule is CNS(=O)(=O)c1cc(S(N)(=O)=O)c(N)cc1Br. The van der Waals surface area contributed by atoms with Crippen molar-refractivity contribution in [3.8, 4) is 0 Å². The van der Waals surface area contributed by atoms with Crippen molar-refractivity contribution >= 4 is 41.7 Å². The van der Waals surface area contributed by atoms with E-state index in [0.29, 0.717) is 0 Å². The van der Waals surface area contributed by atoms with E-state index in [1.54, 1.807) is 0 Å². The van der Waals surface area contributed by atoms with Crippen molar-refractivity contribution < 1.29 is 16.8 Å². The Morgan fingerprint density at radius 3 is 2.12 bits per heavy atom. The van der Waals surface area contributed by atoms with Crippen molar-refractivity contribution in [3.63, 3.8) is 0 Å². The molecule has 96 valence electrons. The average Bonchev–Trinajstić information content (AvgIpc) is 2.15. The summed E-state index contributed by atoms with van der Waals surface area (Å²) in [6.07, 6.45) is 0. The maximum atomic E-state index is 11.6. The van der Waals surface area contributed by atoms with Gasteiger partial charge in [-0.3, -0.25) is 0 Å². The standard InChI is InChI=1S/C7H10BrN3O4S2/c1-11-17(14,15)6-3-7(16(10,12)13)5(9)2-4(6)8/h2-3,11H,9H2,1H3,(H2,10,12,13). The smallest absolute Gasteiger partial charge is 0.241 e. The number of anilines is 1. The maximum absolute atomic E-state index is 11.6. The van der Waals surface area contributed by atoms with Gasteiger partial charge in [-0.25, -0.2) is 26.7 Å². The van der Waals surface area contributed by atoms with E-state index in [0.717, 1.165) is 6.07 Å². The summed E-state index contributed by atoms with van der Waals surface area (Å²) in [5, 5.41) is 4.92. The second-order valence-corrected chi connectivity index (χ2v) is 7.31. The van der Waals surface area contributed by atoms with Gasteiger partial charge < -0.3 is 5.73 Å². The lowest BCUT2D eigenvalue weighted by molar-refractivity contribution is 0.587. The summed E-state index contributed by atoms with van der Waals surface area (Å²) in [6.45, 7) is 0. The van der Waals surface area contributed by atoms with E-state index in [1.807, 2.05) is 0 Å². The summed E-state index contributed by atoms with van der Waals surface area (Å²) in [4.78, 5) is -0.687. The highest BCUT2D eigenvalue weighted by molar-refractivity contribution is 9.10. The van der Waals surface area contributed by atoms with E-state index in [4.69, 9.17) is 10.9 Å². The van der Waals surface area contributed by atoms with Gasteiger partial charge in [0.15, 0.2) is 0 Å². The Hall–Kier alpha value is -0.680. The van der Waals surface area contributed by atoms with E-state index in [1.165, 1.54) is 13.1 Å². The van der Waals surface area contributed by atoms with Crippen molar-refractivity contribution in [2.75, 3.05) is 12.8 Å². The number of hydrogen-bond acceptors (Lipinski definition) is 5. The van der Waals surface area contributed by atoms with Crippen LogP contribution in [0.1, 0.15) is 0 Å². The highest BCUT2D eigenvalue weighted by Gasteiger charge is 2.21. The zero-order valence-electron chi connectivity index (χ0n) is 8.64. The molecule has 0 aromatic heterocycles. The van der Waals surface area contributed by atoms with E-state index in [9.17, 15) is 16.8 Å². The van der Waals surface area contributed by atoms with Gasteiger partial charge in [-0.2, -0.15) is 0 Å². The van der Waals surface area contributed by atoms with Crippen LogP contribution in [0.3, 0.4) is 0 Å². The van der Waals surface area contributed by atoms with Crippen molar-refractivity contribution in [2.24, 2.45) is 5.14 Å². The maximum Gasteiger partial charge on any atom is 0.241 e. The number of primary sulfonamides is 1. The van der Waals surface area contributed by atoms with E-state index in [-0.39, 0.29) is 15.1 Å². The van der Waals surface area contributed by atoms with Crippen LogP contribution in [-0.2, 0) is 20.0 Å². The third kappa shape index (κ3) is 2.96. The number of nitrogen functional groups attached to an aromatic ring is 1. The Kier molecular flexibility index (Phi) is 3.84. The molecule has 1 aromatic rings. The van der Waals surface area contributed by atoms with Crippen LogP contribution in [0.5, 0.6) is 0 Å². The van der Waals surface area contributed by atoms with E-state index in [2.05, 4.69) is 20.7 Å². The fraction of sp³-hybridized carbons (Fsp3) is 0.143. The first kappa shape index (κ1) is 14.4. The van der Waals surface area contributed by atoms with Gasteiger partial charge in [0.25, 0.3) is 0 Å². The number of nitrogens with two attached hydrogens (primary N) is 2. The summed E-state index contributed by atoms with van der Waals surface area (Å²) in [5.74, 6) is 0. The number of benzene rings is 1. The summed E-state index contributed by atoms with van der Waals surface area (Å²) in [7, 11) is -6.68. The fourth-order valence-corrected chi connectivity index (χ4v) is 3.67. The third-order valence-electron chi connectivity index (χ3n) is 1.93. The molecule has 0 heterocycles. The monoisotopic (exact) mass is 343 g/mol. The molecule has 7 nitrogen and oxygen atoms in total. The number of hydrogen-bond donors (Lipinski definition) is 3. The minimum absolute atomic E-state index is 0.130. The van der Waals surface area contributed by atoms with Gasteiger partial charge >= 0.3 is 0 Å². The normalized spacial score (nSPS) is 12.6. The summed E-state index contributed by atoms with van der Waals surface area (Å²) < 4.78 is 47.8. The summed E-state index contributed by atoms with van der Waals surface area (Å²) in [5.41, 5.74) is 5.33. The van der Waals surface area contributed by atoms with Gasteiger partial charge in [0.2, 0.25) is 20.0 Å². The van der Waals surface area contributed by atoms with Crippen LogP contribution in [0.15, 0.2) is 26.4 Å². The number of nitrogens with one attached hydrogen (secondary N) is 1. The van der Waals surface area contributed by atoms with Crippen LogP contribution in [-0.4, -0.2) is 23.9 Å². The van der Waals surface area contributed by atoms with Gasteiger partial charge in [-0.1, -0.05) is 0 Å². The lowest BCUT2D eigenvalue weighted by atomic mass is 10.3. The Labute approximate surface area is 107 Å². The van der Waals surface area contributed by atoms with Crippen molar-refractivity contribution in [3.05, 3.63) is 16.6 Å². The molecule has 0 aliphatic rings. The molecule has 0 fully saturated rings. The highest BCUT2D eigenvalue weighted by atomic mass is 79.9. The molecular formula is C7H10BrN3O4S2. The van der Waals surface area contributed by atoms with Crippen molar-refractivity contribution in [1.29, 1.82) is 0 Å². The second kappa shape index (κ2) is 4.53. The van der Waals surface area contributed by atoms with Crippen LogP contribution < -0.4 is 15.6 Å². The predicted octanol–water partition coefficient (Wildman–Crippen LogP) is -0.413. The predicted molar refractivity (Wildman–Crippen MR) is 66.2 cm³/mol. The number of sulfonamides is 2. The van der Waals surface area contributed by atoms with Crippen LogP contribution in [0, 0.1) is 0 Å². The van der Waals surface area contributed by atoms with Gasteiger partial charge in [-0.05, 0) is 35.1 Å². The molecule has 0 saturated heterocycles. The molecule has 1 rings (SSSR count). The van der Waals surface area contributed by atoms with E-state index < -0.39 is 24.9 Å². The van der Waals surface area contributed by atoms with Crippen LogP contribution >= 0.6 is 15.9 Å². The first-order valence-electron chi connectivity index (χ1n) is 4.15. The molecule has 0 bridgehead atoms. The Bertz CT molecular complexity index is 654.